The van der Waals surface area contributed by atoms with Crippen LogP contribution in [0.3, 0.4) is 0 Å². The minimum atomic E-state index is 0. The molecule has 0 amide bonds. The van der Waals surface area contributed by atoms with Gasteiger partial charge in [0, 0.05) is 0 Å². The molecule has 30 valence electrons. The van der Waals surface area contributed by atoms with E-state index in [1.165, 1.54) is 0 Å². The van der Waals surface area contributed by atoms with E-state index < -0.39 is 0 Å². The zero-order chi connectivity index (χ0) is 4.12. The van der Waals surface area contributed by atoms with Crippen LogP contribution in [0.5, 0.6) is 0 Å². The molecule has 6 heavy (non-hydrogen) atoms. The summed E-state index contributed by atoms with van der Waals surface area (Å²) in [4.78, 5) is 0. The second-order valence-corrected chi connectivity index (χ2v) is 0.394. The molecule has 0 unspecified atom stereocenters. The molecule has 4 nitrogen and oxygen atoms in total. The van der Waals surface area contributed by atoms with Gasteiger partial charge in [0.15, 0.2) is 6.34 Å². The Morgan fingerprint density at radius 3 is 2.33 bits per heavy atom. The molecule has 3 N–H and O–H groups in total. The van der Waals surface area contributed by atoms with E-state index in [2.05, 4.69) is 16.1 Å². The minimum absolute atomic E-state index is 0. The maximum Gasteiger partial charge on any atom is 1.00 e. The third-order valence-corrected chi connectivity index (χ3v) is 0.124. The molecule has 0 aliphatic rings. The number of rotatable bonds is 1. The molecule has 0 spiro atoms. The molecule has 0 aliphatic heterocycles. The molecule has 0 aromatic carbocycles. The molecule has 0 aliphatic carbocycles. The third-order valence-electron chi connectivity index (χ3n) is 0.124. The first-order chi connectivity index (χ1) is 2.41. The number of nitrogens with two attached hydrogens (primary N) is 1. The van der Waals surface area contributed by atoms with Crippen LogP contribution in [-0.4, -0.2) is 6.34 Å². The normalized spacial score (nSPS) is 7.33. The van der Waals surface area contributed by atoms with Crippen LogP contribution in [-0.2, 0) is 0 Å². The summed E-state index contributed by atoms with van der Waals surface area (Å²) >= 11 is 0. The molecular weight excluding hydrogens is 75.0 g/mol. The minimum Gasteiger partial charge on any atom is -1.00 e. The van der Waals surface area contributed by atoms with E-state index in [0.29, 0.717) is 0 Å². The van der Waals surface area contributed by atoms with Gasteiger partial charge in [-0.05, 0) is 0 Å². The van der Waals surface area contributed by atoms with Gasteiger partial charge in [0.2, 0.25) is 0 Å². The van der Waals surface area contributed by atoms with Crippen molar-refractivity contribution in [3.05, 3.63) is 0 Å². The van der Waals surface area contributed by atoms with E-state index in [1.807, 2.05) is 0 Å². The molecule has 0 saturated heterocycles. The van der Waals surface area contributed by atoms with Gasteiger partial charge in [-0.3, -0.25) is 0 Å². The second-order valence-electron chi connectivity index (χ2n) is 0.394. The predicted molar refractivity (Wildman–Crippen MR) is 18.9 cm³/mol. The molecule has 0 rings (SSSR count). The third kappa shape index (κ3) is 9.39. The van der Waals surface area contributed by atoms with E-state index in [4.69, 9.17) is 5.53 Å². The van der Waals surface area contributed by atoms with Gasteiger partial charge < -0.3 is 7.27 Å². The number of hydrazone groups is 1. The largest absolute Gasteiger partial charge is 1.00 e. The molecule has 0 atom stereocenters. The summed E-state index contributed by atoms with van der Waals surface area (Å²) in [6.07, 6.45) is 0.944. The Balaban J connectivity index is -0.0000000800. The van der Waals surface area contributed by atoms with Crippen LogP contribution in [0.1, 0.15) is 1.43 Å². The van der Waals surface area contributed by atoms with Crippen LogP contribution in [0.25, 0.3) is 0 Å². The molecule has 0 aromatic rings. The SMILES string of the molecule is N=NC=NN.[H-].[Li+]. The predicted octanol–water partition coefficient (Wildman–Crippen LogP) is -2.96. The van der Waals surface area contributed by atoms with Crippen molar-refractivity contribution >= 4 is 6.34 Å². The molecule has 0 radical (unpaired) electrons. The van der Waals surface area contributed by atoms with Crippen molar-refractivity contribution in [1.29, 1.82) is 5.53 Å². The summed E-state index contributed by atoms with van der Waals surface area (Å²) in [6.45, 7) is 0. The quantitative estimate of drug-likeness (QED) is 0.0866. The van der Waals surface area contributed by atoms with Crippen molar-refractivity contribution in [3.8, 4) is 0 Å². The topological polar surface area (TPSA) is 74.6 Å². The maximum absolute atomic E-state index is 6.00. The Kier molecular flexibility index (Phi) is 13.5. The van der Waals surface area contributed by atoms with Crippen molar-refractivity contribution in [2.24, 2.45) is 16.1 Å². The summed E-state index contributed by atoms with van der Waals surface area (Å²) in [5, 5.41) is 5.56. The van der Waals surface area contributed by atoms with Crippen LogP contribution in [0, 0.1) is 5.53 Å². The van der Waals surface area contributed by atoms with Crippen LogP contribution >= 0.6 is 0 Å². The van der Waals surface area contributed by atoms with Gasteiger partial charge in [0.1, 0.15) is 0 Å². The first kappa shape index (κ1) is 9.18. The van der Waals surface area contributed by atoms with E-state index in [-0.39, 0.29) is 20.3 Å². The zero-order valence-electron chi connectivity index (χ0n) is 4.55. The molecule has 0 bridgehead atoms. The first-order valence-electron chi connectivity index (χ1n) is 0.998. The molecule has 0 fully saturated rings. The van der Waals surface area contributed by atoms with Gasteiger partial charge in [-0.2, -0.15) is 5.10 Å². The average molecular weight is 80.0 g/mol. The van der Waals surface area contributed by atoms with E-state index in [9.17, 15) is 0 Å². The van der Waals surface area contributed by atoms with Crippen LogP contribution < -0.4 is 24.7 Å². The van der Waals surface area contributed by atoms with Gasteiger partial charge in [-0.1, -0.05) is 0 Å². The molecule has 0 saturated carbocycles. The fraction of sp³-hybridized carbons (Fsp3) is 0. The zero-order valence-corrected chi connectivity index (χ0v) is 3.55. The van der Waals surface area contributed by atoms with Gasteiger partial charge in [-0.15, -0.1) is 5.11 Å². The smallest absolute Gasteiger partial charge is 1.00 e. The van der Waals surface area contributed by atoms with Crippen molar-refractivity contribution in [1.82, 2.24) is 0 Å². The van der Waals surface area contributed by atoms with Gasteiger partial charge in [0.25, 0.3) is 0 Å². The van der Waals surface area contributed by atoms with Gasteiger partial charge >= 0.3 is 18.9 Å². The van der Waals surface area contributed by atoms with E-state index >= 15 is 0 Å². The summed E-state index contributed by atoms with van der Waals surface area (Å²) in [6, 6.07) is 0. The summed E-state index contributed by atoms with van der Waals surface area (Å²) in [5.74, 6) is 4.49. The van der Waals surface area contributed by atoms with Crippen LogP contribution in [0.4, 0.5) is 0 Å². The van der Waals surface area contributed by atoms with E-state index in [0.717, 1.165) is 6.34 Å². The Labute approximate surface area is 49.0 Å². The standard InChI is InChI=1S/CH4N4.Li.H/c2-4-1-5-3;;/h1-2H,3H2;;/q;+1;-1. The van der Waals surface area contributed by atoms with Crippen LogP contribution in [0.2, 0.25) is 0 Å². The van der Waals surface area contributed by atoms with Crippen molar-refractivity contribution in [2.45, 2.75) is 0 Å². The number of hydrogen-bond acceptors (Lipinski definition) is 3. The number of nitrogens with zero attached hydrogens (tertiary/aromatic N) is 2. The van der Waals surface area contributed by atoms with Crippen molar-refractivity contribution in [2.75, 3.05) is 0 Å². The number of hydrogen-bond donors (Lipinski definition) is 2. The molecular formula is CH5LiN4. The average Bonchev–Trinajstić information content (AvgIpc) is 1.41. The van der Waals surface area contributed by atoms with Crippen LogP contribution in [0.15, 0.2) is 10.2 Å². The second kappa shape index (κ2) is 8.82. The summed E-state index contributed by atoms with van der Waals surface area (Å²) < 4.78 is 0. The fourth-order valence-electron chi connectivity index (χ4n) is 0.0333. The maximum atomic E-state index is 6.00. The summed E-state index contributed by atoms with van der Waals surface area (Å²) in [7, 11) is 0. The van der Waals surface area contributed by atoms with Crippen molar-refractivity contribution in [3.63, 3.8) is 0 Å². The molecule has 5 heteroatoms. The van der Waals surface area contributed by atoms with Crippen molar-refractivity contribution < 1.29 is 20.3 Å². The van der Waals surface area contributed by atoms with E-state index in [1.54, 1.807) is 0 Å². The van der Waals surface area contributed by atoms with Gasteiger partial charge in [0.05, 0.1) is 0 Å². The summed E-state index contributed by atoms with van der Waals surface area (Å²) in [5.41, 5.74) is 6.00. The van der Waals surface area contributed by atoms with Gasteiger partial charge in [-0.25, -0.2) is 5.53 Å². The number of nitrogens with one attached hydrogen (secondary N) is 1. The Morgan fingerprint density at radius 2 is 2.33 bits per heavy atom. The fourth-order valence-corrected chi connectivity index (χ4v) is 0.0333. The Morgan fingerprint density at radius 1 is 1.83 bits per heavy atom. The molecule has 0 heterocycles. The Hall–Kier alpha value is -0.333. The Bertz CT molecular complexity index is 53.7. The first-order valence-corrected chi connectivity index (χ1v) is 0.998. The molecule has 0 aromatic heterocycles. The monoisotopic (exact) mass is 80.1 g/mol.